The summed E-state index contributed by atoms with van der Waals surface area (Å²) in [6.07, 6.45) is 1.30. The normalized spacial score (nSPS) is 10.5. The van der Waals surface area contributed by atoms with Crippen LogP contribution in [0.5, 0.6) is 11.5 Å². The Morgan fingerprint density at radius 1 is 1.38 bits per heavy atom. The number of rotatable bonds is 5. The Hall–Kier alpha value is -3.62. The predicted octanol–water partition coefficient (Wildman–Crippen LogP) is 1.66. The van der Waals surface area contributed by atoms with E-state index in [1.54, 1.807) is 12.1 Å². The maximum Gasteiger partial charge on any atom is 0.272 e. The van der Waals surface area contributed by atoms with Crippen LogP contribution in [0.4, 0.5) is 11.4 Å². The van der Waals surface area contributed by atoms with Gasteiger partial charge in [-0.3, -0.25) is 14.9 Å². The zero-order valence-corrected chi connectivity index (χ0v) is 12.6. The molecule has 0 spiro atoms. The third-order valence-electron chi connectivity index (χ3n) is 3.00. The molecule has 0 atom stereocenters. The molecule has 0 saturated heterocycles. The summed E-state index contributed by atoms with van der Waals surface area (Å²) < 4.78 is 4.91. The molecule has 9 nitrogen and oxygen atoms in total. The molecule has 0 heterocycles. The van der Waals surface area contributed by atoms with Crippen molar-refractivity contribution in [1.29, 1.82) is 0 Å². The van der Waals surface area contributed by atoms with E-state index < -0.39 is 10.8 Å². The molecule has 0 unspecified atom stereocenters. The van der Waals surface area contributed by atoms with Crippen LogP contribution in [-0.2, 0) is 0 Å². The summed E-state index contributed by atoms with van der Waals surface area (Å²) in [6.45, 7) is 0. The second-order valence-electron chi connectivity index (χ2n) is 4.70. The number of benzene rings is 2. The number of anilines is 1. The third kappa shape index (κ3) is 3.97. The van der Waals surface area contributed by atoms with Crippen LogP contribution < -0.4 is 15.9 Å². The second-order valence-corrected chi connectivity index (χ2v) is 4.70. The smallest absolute Gasteiger partial charge is 0.272 e. The number of methoxy groups -OCH3 is 1. The van der Waals surface area contributed by atoms with E-state index in [0.717, 1.165) is 12.1 Å². The first kappa shape index (κ1) is 16.7. The van der Waals surface area contributed by atoms with Gasteiger partial charge in [0.2, 0.25) is 0 Å². The van der Waals surface area contributed by atoms with Gasteiger partial charge in [-0.25, -0.2) is 5.43 Å². The summed E-state index contributed by atoms with van der Waals surface area (Å²) in [5, 5.41) is 24.1. The first-order valence-electron chi connectivity index (χ1n) is 6.66. The topological polar surface area (TPSA) is 140 Å². The molecule has 0 fully saturated rings. The van der Waals surface area contributed by atoms with Gasteiger partial charge in [-0.05, 0) is 29.8 Å². The summed E-state index contributed by atoms with van der Waals surface area (Å²) >= 11 is 0. The first-order chi connectivity index (χ1) is 11.4. The largest absolute Gasteiger partial charge is 0.504 e. The van der Waals surface area contributed by atoms with Gasteiger partial charge in [0.15, 0.2) is 11.5 Å². The van der Waals surface area contributed by atoms with Gasteiger partial charge in [-0.2, -0.15) is 5.10 Å². The number of hydrogen-bond acceptors (Lipinski definition) is 7. The molecule has 0 aliphatic rings. The van der Waals surface area contributed by atoms with Crippen molar-refractivity contribution in [2.75, 3.05) is 12.8 Å². The quantitative estimate of drug-likeness (QED) is 0.329. The maximum atomic E-state index is 12.0. The van der Waals surface area contributed by atoms with E-state index in [2.05, 4.69) is 10.5 Å². The van der Waals surface area contributed by atoms with E-state index in [0.29, 0.717) is 11.3 Å². The minimum atomic E-state index is -0.653. The lowest BCUT2D eigenvalue weighted by molar-refractivity contribution is -0.384. The molecule has 0 saturated carbocycles. The number of carbonyl (C=O) groups is 1. The highest BCUT2D eigenvalue weighted by Gasteiger charge is 2.13. The van der Waals surface area contributed by atoms with Crippen LogP contribution in [0.2, 0.25) is 0 Å². The standard InChI is InChI=1S/C15H14N4O5/c1-24-14-3-2-9(4-13(14)20)8-17-18-15(21)10-5-11(16)7-12(6-10)19(22)23/h2-8,20H,16H2,1H3,(H,18,21)/b17-8-. The van der Waals surface area contributed by atoms with Gasteiger partial charge in [0.05, 0.1) is 23.8 Å². The van der Waals surface area contributed by atoms with Crippen molar-refractivity contribution in [1.82, 2.24) is 5.43 Å². The molecule has 24 heavy (non-hydrogen) atoms. The molecule has 0 aliphatic heterocycles. The number of nitro groups is 1. The first-order valence-corrected chi connectivity index (χ1v) is 6.66. The molecule has 2 aromatic rings. The lowest BCUT2D eigenvalue weighted by Crippen LogP contribution is -2.18. The summed E-state index contributed by atoms with van der Waals surface area (Å²) in [7, 11) is 1.42. The number of nitro benzene ring substituents is 1. The monoisotopic (exact) mass is 330 g/mol. The fraction of sp³-hybridized carbons (Fsp3) is 0.0667. The molecule has 9 heteroatoms. The molecule has 0 radical (unpaired) electrons. The van der Waals surface area contributed by atoms with E-state index >= 15 is 0 Å². The van der Waals surface area contributed by atoms with Gasteiger partial charge >= 0.3 is 0 Å². The third-order valence-corrected chi connectivity index (χ3v) is 3.00. The Labute approximate surface area is 136 Å². The minimum Gasteiger partial charge on any atom is -0.504 e. The second kappa shape index (κ2) is 7.09. The summed E-state index contributed by atoms with van der Waals surface area (Å²) in [6, 6.07) is 8.12. The molecule has 2 rings (SSSR count). The van der Waals surface area contributed by atoms with Gasteiger partial charge in [-0.15, -0.1) is 0 Å². The number of nitrogens with two attached hydrogens (primary N) is 1. The number of ether oxygens (including phenoxy) is 1. The SMILES string of the molecule is COc1ccc(/C=N\NC(=O)c2cc(N)cc([N+](=O)[O-])c2)cc1O. The summed E-state index contributed by atoms with van der Waals surface area (Å²) in [5.41, 5.74) is 8.10. The van der Waals surface area contributed by atoms with Gasteiger partial charge < -0.3 is 15.6 Å². The number of hydrogen-bond donors (Lipinski definition) is 3. The Bertz CT molecular complexity index is 820. The van der Waals surface area contributed by atoms with Crippen LogP contribution in [-0.4, -0.2) is 29.3 Å². The van der Waals surface area contributed by atoms with E-state index in [-0.39, 0.29) is 22.7 Å². The highest BCUT2D eigenvalue weighted by atomic mass is 16.6. The van der Waals surface area contributed by atoms with Crippen LogP contribution in [0, 0.1) is 10.1 Å². The van der Waals surface area contributed by atoms with Gasteiger partial charge in [-0.1, -0.05) is 0 Å². The van der Waals surface area contributed by atoms with Crippen molar-refractivity contribution < 1.29 is 19.6 Å². The highest BCUT2D eigenvalue weighted by Crippen LogP contribution is 2.25. The van der Waals surface area contributed by atoms with Crippen LogP contribution in [0.1, 0.15) is 15.9 Å². The van der Waals surface area contributed by atoms with Gasteiger partial charge in [0.25, 0.3) is 11.6 Å². The number of nitrogens with zero attached hydrogens (tertiary/aromatic N) is 2. The average molecular weight is 330 g/mol. The minimum absolute atomic E-state index is 0.0106. The molecular formula is C15H14N4O5. The molecule has 0 aliphatic carbocycles. The lowest BCUT2D eigenvalue weighted by atomic mass is 10.1. The zero-order valence-electron chi connectivity index (χ0n) is 12.6. The summed E-state index contributed by atoms with van der Waals surface area (Å²) in [4.78, 5) is 22.1. The average Bonchev–Trinajstić information content (AvgIpc) is 2.54. The van der Waals surface area contributed by atoms with Crippen LogP contribution in [0.25, 0.3) is 0 Å². The van der Waals surface area contributed by atoms with E-state index in [9.17, 15) is 20.0 Å². The van der Waals surface area contributed by atoms with Crippen molar-refractivity contribution in [3.05, 3.63) is 57.6 Å². The molecule has 4 N–H and O–H groups in total. The van der Waals surface area contributed by atoms with Crippen LogP contribution in [0.3, 0.4) is 0 Å². The van der Waals surface area contributed by atoms with Gasteiger partial charge in [0, 0.05) is 17.8 Å². The van der Waals surface area contributed by atoms with Crippen molar-refractivity contribution >= 4 is 23.5 Å². The van der Waals surface area contributed by atoms with Crippen molar-refractivity contribution in [2.24, 2.45) is 5.10 Å². The van der Waals surface area contributed by atoms with Crippen molar-refractivity contribution in [3.63, 3.8) is 0 Å². The molecule has 2 aromatic carbocycles. The van der Waals surface area contributed by atoms with E-state index in [1.807, 2.05) is 0 Å². The Kier molecular flexibility index (Phi) is 4.95. The van der Waals surface area contributed by atoms with Crippen LogP contribution >= 0.6 is 0 Å². The zero-order chi connectivity index (χ0) is 17.7. The number of non-ortho nitro benzene ring substituents is 1. The number of nitrogen functional groups attached to an aromatic ring is 1. The van der Waals surface area contributed by atoms with E-state index in [1.165, 1.54) is 25.5 Å². The fourth-order valence-electron chi connectivity index (χ4n) is 1.89. The van der Waals surface area contributed by atoms with Gasteiger partial charge in [0.1, 0.15) is 0 Å². The molecule has 124 valence electrons. The Morgan fingerprint density at radius 3 is 2.75 bits per heavy atom. The highest BCUT2D eigenvalue weighted by molar-refractivity contribution is 5.96. The number of nitrogens with one attached hydrogen (secondary N) is 1. The van der Waals surface area contributed by atoms with Crippen molar-refractivity contribution in [2.45, 2.75) is 0 Å². The lowest BCUT2D eigenvalue weighted by Gasteiger charge is -2.04. The maximum absolute atomic E-state index is 12.0. The predicted molar refractivity (Wildman–Crippen MR) is 87.2 cm³/mol. The van der Waals surface area contributed by atoms with Crippen LogP contribution in [0.15, 0.2) is 41.5 Å². The molecule has 0 bridgehead atoms. The molecule has 1 amide bonds. The number of hydrazone groups is 1. The molecule has 0 aromatic heterocycles. The number of amides is 1. The Balaban J connectivity index is 2.10. The van der Waals surface area contributed by atoms with Crippen molar-refractivity contribution in [3.8, 4) is 11.5 Å². The molecular weight excluding hydrogens is 316 g/mol. The number of phenols is 1. The Morgan fingerprint density at radius 2 is 2.12 bits per heavy atom. The fourth-order valence-corrected chi connectivity index (χ4v) is 1.89. The summed E-state index contributed by atoms with van der Waals surface area (Å²) in [5.74, 6) is -0.415. The number of aromatic hydroxyl groups is 1. The van der Waals surface area contributed by atoms with E-state index in [4.69, 9.17) is 10.5 Å². The number of carbonyl (C=O) groups excluding carboxylic acids is 1. The number of phenolic OH excluding ortho intramolecular Hbond substituents is 1.